The molecule has 2 aromatic heterocycles. The normalized spacial score (nSPS) is 23.4. The molecule has 2 aromatic rings. The number of hydrogen-bond donors (Lipinski definition) is 0. The Morgan fingerprint density at radius 1 is 1.21 bits per heavy atom. The highest BCUT2D eigenvalue weighted by Gasteiger charge is 2.33. The zero-order valence-electron chi connectivity index (χ0n) is 14.6. The average Bonchev–Trinajstić information content (AvgIpc) is 2.92. The number of aryl methyl sites for hydroxylation is 3. The van der Waals surface area contributed by atoms with Crippen LogP contribution in [0.25, 0.3) is 10.2 Å². The molecule has 6 heteroatoms. The van der Waals surface area contributed by atoms with Crippen LogP contribution in [0.3, 0.4) is 0 Å². The summed E-state index contributed by atoms with van der Waals surface area (Å²) in [6.07, 6.45) is 5.71. The Morgan fingerprint density at radius 3 is 2.71 bits per heavy atom. The number of ether oxygens (including phenoxy) is 1. The van der Waals surface area contributed by atoms with E-state index in [-0.39, 0.29) is 22.9 Å². The Hall–Kier alpha value is -1.40. The van der Waals surface area contributed by atoms with Gasteiger partial charge in [0.1, 0.15) is 4.83 Å². The molecule has 1 unspecified atom stereocenters. The van der Waals surface area contributed by atoms with E-state index in [0.29, 0.717) is 13.0 Å². The molecule has 0 spiro atoms. The molecule has 1 atom stereocenters. The standard InChI is InChI=1S/C18H24N2O3S/c1-18(2)10-11(8-9-23-18)20-15(21)14-12-6-4-5-7-13(12)24-16(14)19(3)17(20)22/h11H,4-10H2,1-3H3. The second-order valence-electron chi connectivity index (χ2n) is 7.66. The van der Waals surface area contributed by atoms with Gasteiger partial charge in [-0.1, -0.05) is 0 Å². The van der Waals surface area contributed by atoms with Crippen LogP contribution in [0, 0.1) is 0 Å². The molecule has 5 nitrogen and oxygen atoms in total. The van der Waals surface area contributed by atoms with Crippen LogP contribution < -0.4 is 11.2 Å². The van der Waals surface area contributed by atoms with Gasteiger partial charge in [0, 0.05) is 24.6 Å². The predicted octanol–water partition coefficient (Wildman–Crippen LogP) is 2.77. The minimum absolute atomic E-state index is 0.0801. The van der Waals surface area contributed by atoms with E-state index in [1.807, 2.05) is 13.8 Å². The topological polar surface area (TPSA) is 53.2 Å². The zero-order chi connectivity index (χ0) is 17.1. The van der Waals surface area contributed by atoms with E-state index in [0.717, 1.165) is 35.9 Å². The lowest BCUT2D eigenvalue weighted by Crippen LogP contribution is -2.46. The smallest absolute Gasteiger partial charge is 0.332 e. The van der Waals surface area contributed by atoms with Gasteiger partial charge in [-0.2, -0.15) is 0 Å². The fourth-order valence-electron chi connectivity index (χ4n) is 4.21. The first-order chi connectivity index (χ1) is 11.4. The lowest BCUT2D eigenvalue weighted by molar-refractivity contribution is -0.0701. The van der Waals surface area contributed by atoms with Gasteiger partial charge in [0.2, 0.25) is 0 Å². The number of thiophene rings is 1. The van der Waals surface area contributed by atoms with Crippen molar-refractivity contribution in [2.75, 3.05) is 6.61 Å². The Labute approximate surface area is 144 Å². The molecule has 0 radical (unpaired) electrons. The molecule has 0 bridgehead atoms. The fourth-order valence-corrected chi connectivity index (χ4v) is 5.54. The van der Waals surface area contributed by atoms with Gasteiger partial charge in [0.25, 0.3) is 5.56 Å². The first-order valence-corrected chi connectivity index (χ1v) is 9.60. The molecular weight excluding hydrogens is 324 g/mol. The molecule has 4 rings (SSSR count). The van der Waals surface area contributed by atoms with Crippen LogP contribution in [-0.4, -0.2) is 21.3 Å². The van der Waals surface area contributed by atoms with Crippen molar-refractivity contribution in [1.29, 1.82) is 0 Å². The van der Waals surface area contributed by atoms with Crippen LogP contribution in [0.15, 0.2) is 9.59 Å². The van der Waals surface area contributed by atoms with Crippen molar-refractivity contribution in [2.24, 2.45) is 7.05 Å². The summed E-state index contributed by atoms with van der Waals surface area (Å²) < 4.78 is 8.96. The Bertz CT molecular complexity index is 919. The van der Waals surface area contributed by atoms with E-state index in [2.05, 4.69) is 0 Å². The number of aromatic nitrogens is 2. The van der Waals surface area contributed by atoms with Gasteiger partial charge in [-0.05, 0) is 57.9 Å². The van der Waals surface area contributed by atoms with Gasteiger partial charge in [0.15, 0.2) is 0 Å². The van der Waals surface area contributed by atoms with Crippen molar-refractivity contribution in [1.82, 2.24) is 9.13 Å². The van der Waals surface area contributed by atoms with E-state index in [4.69, 9.17) is 4.74 Å². The quantitative estimate of drug-likeness (QED) is 0.796. The molecule has 1 aliphatic carbocycles. The van der Waals surface area contributed by atoms with Crippen LogP contribution in [0.1, 0.15) is 56.0 Å². The summed E-state index contributed by atoms with van der Waals surface area (Å²) in [5.74, 6) is 0. The van der Waals surface area contributed by atoms with Crippen LogP contribution in [0.4, 0.5) is 0 Å². The molecule has 0 aromatic carbocycles. The van der Waals surface area contributed by atoms with Crippen molar-refractivity contribution < 1.29 is 4.74 Å². The van der Waals surface area contributed by atoms with Crippen LogP contribution in [0.5, 0.6) is 0 Å². The average molecular weight is 348 g/mol. The molecule has 2 aliphatic rings. The third kappa shape index (κ3) is 2.39. The van der Waals surface area contributed by atoms with Crippen molar-refractivity contribution >= 4 is 21.6 Å². The molecule has 1 aliphatic heterocycles. The molecule has 130 valence electrons. The highest BCUT2D eigenvalue weighted by molar-refractivity contribution is 7.18. The molecule has 24 heavy (non-hydrogen) atoms. The Kier molecular flexibility index (Phi) is 3.73. The summed E-state index contributed by atoms with van der Waals surface area (Å²) >= 11 is 1.63. The molecule has 0 N–H and O–H groups in total. The highest BCUT2D eigenvalue weighted by atomic mass is 32.1. The van der Waals surface area contributed by atoms with Gasteiger partial charge >= 0.3 is 5.69 Å². The lowest BCUT2D eigenvalue weighted by atomic mass is 9.93. The Morgan fingerprint density at radius 2 is 1.96 bits per heavy atom. The van der Waals surface area contributed by atoms with Gasteiger partial charge in [-0.3, -0.25) is 13.9 Å². The molecule has 0 saturated carbocycles. The number of nitrogens with zero attached hydrogens (tertiary/aromatic N) is 2. The minimum atomic E-state index is -0.295. The van der Waals surface area contributed by atoms with Gasteiger partial charge in [0.05, 0.1) is 11.0 Å². The van der Waals surface area contributed by atoms with Gasteiger partial charge < -0.3 is 4.74 Å². The van der Waals surface area contributed by atoms with E-state index >= 15 is 0 Å². The van der Waals surface area contributed by atoms with E-state index in [1.54, 1.807) is 23.0 Å². The van der Waals surface area contributed by atoms with Crippen molar-refractivity contribution in [3.8, 4) is 0 Å². The van der Waals surface area contributed by atoms with Crippen LogP contribution in [-0.2, 0) is 24.6 Å². The fraction of sp³-hybridized carbons (Fsp3) is 0.667. The third-order valence-electron chi connectivity index (χ3n) is 5.42. The van der Waals surface area contributed by atoms with Gasteiger partial charge in [-0.25, -0.2) is 4.79 Å². The van der Waals surface area contributed by atoms with Crippen LogP contribution in [0.2, 0.25) is 0 Å². The molecule has 1 fully saturated rings. The SMILES string of the molecule is Cn1c(=O)n(C2CCOC(C)(C)C2)c(=O)c2c3c(sc21)CCCC3. The molecule has 0 amide bonds. The number of rotatable bonds is 1. The van der Waals surface area contributed by atoms with Crippen LogP contribution >= 0.6 is 11.3 Å². The number of hydrogen-bond acceptors (Lipinski definition) is 4. The van der Waals surface area contributed by atoms with Crippen molar-refractivity contribution in [3.05, 3.63) is 31.3 Å². The molecule has 3 heterocycles. The minimum Gasteiger partial charge on any atom is -0.375 e. The molecular formula is C18H24N2O3S. The second-order valence-corrected chi connectivity index (χ2v) is 8.75. The summed E-state index contributed by atoms with van der Waals surface area (Å²) in [5.41, 5.74) is 0.627. The van der Waals surface area contributed by atoms with E-state index < -0.39 is 0 Å². The summed E-state index contributed by atoms with van der Waals surface area (Å²) in [6.45, 7) is 4.65. The maximum Gasteiger partial charge on any atom is 0.332 e. The van der Waals surface area contributed by atoms with E-state index in [9.17, 15) is 9.59 Å². The summed E-state index contributed by atoms with van der Waals surface area (Å²) in [5, 5.41) is 0.793. The monoisotopic (exact) mass is 348 g/mol. The second kappa shape index (κ2) is 5.56. The summed E-state index contributed by atoms with van der Waals surface area (Å²) in [4.78, 5) is 28.3. The first-order valence-electron chi connectivity index (χ1n) is 8.79. The third-order valence-corrected chi connectivity index (χ3v) is 6.79. The maximum absolute atomic E-state index is 13.3. The zero-order valence-corrected chi connectivity index (χ0v) is 15.4. The maximum atomic E-state index is 13.3. The van der Waals surface area contributed by atoms with Gasteiger partial charge in [-0.15, -0.1) is 11.3 Å². The number of fused-ring (bicyclic) bond motifs is 3. The summed E-state index contributed by atoms with van der Waals surface area (Å²) in [6, 6.07) is -0.0801. The van der Waals surface area contributed by atoms with Crippen molar-refractivity contribution in [2.45, 2.75) is 64.0 Å². The first kappa shape index (κ1) is 16.1. The van der Waals surface area contributed by atoms with E-state index in [1.165, 1.54) is 21.4 Å². The highest BCUT2D eigenvalue weighted by Crippen LogP contribution is 2.35. The largest absolute Gasteiger partial charge is 0.375 e. The van der Waals surface area contributed by atoms with Crippen molar-refractivity contribution in [3.63, 3.8) is 0 Å². The Balaban J connectivity index is 1.96. The molecule has 1 saturated heterocycles. The lowest BCUT2D eigenvalue weighted by Gasteiger charge is -2.36. The summed E-state index contributed by atoms with van der Waals surface area (Å²) in [7, 11) is 1.80. The predicted molar refractivity (Wildman–Crippen MR) is 96.3 cm³/mol.